The van der Waals surface area contributed by atoms with Gasteiger partial charge in [-0.25, -0.2) is 9.67 Å². The highest BCUT2D eigenvalue weighted by molar-refractivity contribution is 6.30. The Balaban J connectivity index is 1.70. The van der Waals surface area contributed by atoms with Gasteiger partial charge in [0.25, 0.3) is 5.91 Å². The summed E-state index contributed by atoms with van der Waals surface area (Å²) in [6, 6.07) is 7.19. The minimum Gasteiger partial charge on any atom is -0.339 e. The molecule has 1 aromatic heterocycles. The van der Waals surface area contributed by atoms with E-state index in [9.17, 15) is 9.59 Å². The number of carbonyl (C=O) groups excluding carboxylic acids is 2. The van der Waals surface area contributed by atoms with E-state index in [2.05, 4.69) is 10.1 Å². The van der Waals surface area contributed by atoms with Gasteiger partial charge in [0.15, 0.2) is 0 Å². The molecule has 1 aliphatic heterocycles. The molecule has 144 valence electrons. The van der Waals surface area contributed by atoms with E-state index in [0.29, 0.717) is 37.0 Å². The van der Waals surface area contributed by atoms with Crippen LogP contribution >= 0.6 is 11.6 Å². The number of carbonyl (C=O) groups is 2. The fourth-order valence-corrected chi connectivity index (χ4v) is 3.16. The molecule has 0 radical (unpaired) electrons. The molecule has 1 fully saturated rings. The summed E-state index contributed by atoms with van der Waals surface area (Å²) in [5.74, 6) is 0.685. The Kier molecular flexibility index (Phi) is 5.24. The molecule has 1 saturated heterocycles. The quantitative estimate of drug-likeness (QED) is 0.791. The monoisotopic (exact) mass is 389 g/mol. The minimum absolute atomic E-state index is 0.107. The molecule has 2 heterocycles. The highest BCUT2D eigenvalue weighted by Gasteiger charge is 2.32. The molecular formula is C19H24ClN5O2. The van der Waals surface area contributed by atoms with Crippen molar-refractivity contribution in [3.8, 4) is 5.69 Å². The molecular weight excluding hydrogens is 366 g/mol. The number of hydrogen-bond acceptors (Lipinski definition) is 4. The van der Waals surface area contributed by atoms with Crippen LogP contribution in [0, 0.1) is 12.3 Å². The first kappa shape index (κ1) is 19.4. The van der Waals surface area contributed by atoms with Gasteiger partial charge in [-0.15, -0.1) is 5.10 Å². The zero-order valence-electron chi connectivity index (χ0n) is 16.1. The molecule has 2 aromatic rings. The smallest absolute Gasteiger partial charge is 0.293 e. The summed E-state index contributed by atoms with van der Waals surface area (Å²) in [6.45, 7) is 9.54. The zero-order chi connectivity index (χ0) is 19.8. The fourth-order valence-electron chi connectivity index (χ4n) is 3.04. The Morgan fingerprint density at radius 2 is 1.56 bits per heavy atom. The summed E-state index contributed by atoms with van der Waals surface area (Å²) in [7, 11) is 0. The number of piperazine rings is 1. The van der Waals surface area contributed by atoms with Crippen LogP contribution in [0.5, 0.6) is 0 Å². The van der Waals surface area contributed by atoms with Crippen molar-refractivity contribution < 1.29 is 9.59 Å². The van der Waals surface area contributed by atoms with Gasteiger partial charge in [0, 0.05) is 36.6 Å². The van der Waals surface area contributed by atoms with Crippen molar-refractivity contribution in [1.29, 1.82) is 0 Å². The molecule has 1 aromatic carbocycles. The van der Waals surface area contributed by atoms with Crippen LogP contribution in [0.4, 0.5) is 0 Å². The van der Waals surface area contributed by atoms with Gasteiger partial charge in [-0.05, 0) is 31.2 Å². The number of amides is 2. The minimum atomic E-state index is -0.414. The Hall–Kier alpha value is -2.41. The van der Waals surface area contributed by atoms with Crippen molar-refractivity contribution >= 4 is 23.4 Å². The topological polar surface area (TPSA) is 71.3 Å². The Bertz CT molecular complexity index is 846. The first-order chi connectivity index (χ1) is 12.7. The molecule has 2 amide bonds. The SMILES string of the molecule is Cc1nc(C(=O)N2CCN(C(=O)C(C)(C)C)CC2)nn1-c1ccc(Cl)cc1. The number of benzene rings is 1. The largest absolute Gasteiger partial charge is 0.339 e. The summed E-state index contributed by atoms with van der Waals surface area (Å²) in [6.07, 6.45) is 0. The van der Waals surface area contributed by atoms with Crippen LogP contribution in [0.15, 0.2) is 24.3 Å². The molecule has 0 saturated carbocycles. The number of aryl methyl sites for hydroxylation is 1. The average Bonchev–Trinajstić information content (AvgIpc) is 3.02. The van der Waals surface area contributed by atoms with E-state index in [1.807, 2.05) is 37.8 Å². The van der Waals surface area contributed by atoms with Gasteiger partial charge in [-0.3, -0.25) is 9.59 Å². The lowest BCUT2D eigenvalue weighted by atomic mass is 9.94. The van der Waals surface area contributed by atoms with Crippen LogP contribution in [-0.2, 0) is 4.79 Å². The van der Waals surface area contributed by atoms with E-state index in [0.717, 1.165) is 5.69 Å². The van der Waals surface area contributed by atoms with E-state index >= 15 is 0 Å². The maximum atomic E-state index is 12.8. The summed E-state index contributed by atoms with van der Waals surface area (Å²) >= 11 is 5.92. The summed E-state index contributed by atoms with van der Waals surface area (Å²) in [4.78, 5) is 33.0. The van der Waals surface area contributed by atoms with Crippen molar-refractivity contribution in [3.63, 3.8) is 0 Å². The number of hydrogen-bond donors (Lipinski definition) is 0. The Labute approximate surface area is 163 Å². The van der Waals surface area contributed by atoms with Crippen molar-refractivity contribution in [2.24, 2.45) is 5.41 Å². The van der Waals surface area contributed by atoms with Gasteiger partial charge in [-0.2, -0.15) is 0 Å². The second-order valence-corrected chi connectivity index (χ2v) is 8.14. The van der Waals surface area contributed by atoms with E-state index in [1.54, 1.807) is 28.6 Å². The lowest BCUT2D eigenvalue weighted by molar-refractivity contribution is -0.140. The van der Waals surface area contributed by atoms with Gasteiger partial charge in [0.05, 0.1) is 5.69 Å². The average molecular weight is 390 g/mol. The number of nitrogens with zero attached hydrogens (tertiary/aromatic N) is 5. The second-order valence-electron chi connectivity index (χ2n) is 7.71. The fraction of sp³-hybridized carbons (Fsp3) is 0.474. The molecule has 0 bridgehead atoms. The molecule has 7 nitrogen and oxygen atoms in total. The van der Waals surface area contributed by atoms with Crippen LogP contribution in [0.1, 0.15) is 37.2 Å². The third-order valence-corrected chi connectivity index (χ3v) is 4.78. The number of halogens is 1. The summed E-state index contributed by atoms with van der Waals surface area (Å²) in [5, 5.41) is 5.00. The first-order valence-electron chi connectivity index (χ1n) is 8.95. The van der Waals surface area contributed by atoms with Crippen LogP contribution in [-0.4, -0.2) is 62.6 Å². The zero-order valence-corrected chi connectivity index (χ0v) is 16.8. The first-order valence-corrected chi connectivity index (χ1v) is 9.33. The third-order valence-electron chi connectivity index (χ3n) is 4.53. The number of rotatable bonds is 2. The van der Waals surface area contributed by atoms with Crippen LogP contribution in [0.3, 0.4) is 0 Å². The summed E-state index contributed by atoms with van der Waals surface area (Å²) in [5.41, 5.74) is 0.381. The van der Waals surface area contributed by atoms with Crippen molar-refractivity contribution in [1.82, 2.24) is 24.6 Å². The number of aromatic nitrogens is 3. The molecule has 0 aliphatic carbocycles. The molecule has 8 heteroatoms. The lowest BCUT2D eigenvalue weighted by Crippen LogP contribution is -2.53. The molecule has 3 rings (SSSR count). The normalized spacial score (nSPS) is 15.1. The highest BCUT2D eigenvalue weighted by atomic mass is 35.5. The van der Waals surface area contributed by atoms with E-state index in [4.69, 9.17) is 11.6 Å². The molecule has 1 aliphatic rings. The van der Waals surface area contributed by atoms with Crippen molar-refractivity contribution in [2.75, 3.05) is 26.2 Å². The molecule has 0 atom stereocenters. The van der Waals surface area contributed by atoms with Crippen LogP contribution in [0.2, 0.25) is 5.02 Å². The van der Waals surface area contributed by atoms with Crippen molar-refractivity contribution in [3.05, 3.63) is 40.9 Å². The van der Waals surface area contributed by atoms with Crippen LogP contribution in [0.25, 0.3) is 5.69 Å². The summed E-state index contributed by atoms with van der Waals surface area (Å²) < 4.78 is 1.63. The molecule has 0 N–H and O–H groups in total. The van der Waals surface area contributed by atoms with E-state index in [-0.39, 0.29) is 17.6 Å². The lowest BCUT2D eigenvalue weighted by Gasteiger charge is -2.37. The van der Waals surface area contributed by atoms with Gasteiger partial charge < -0.3 is 9.80 Å². The van der Waals surface area contributed by atoms with E-state index < -0.39 is 5.41 Å². The molecule has 0 spiro atoms. The van der Waals surface area contributed by atoms with Gasteiger partial charge >= 0.3 is 0 Å². The van der Waals surface area contributed by atoms with Crippen LogP contribution < -0.4 is 0 Å². The predicted octanol–water partition coefficient (Wildman–Crippen LogP) is 2.56. The Morgan fingerprint density at radius 1 is 1.00 bits per heavy atom. The maximum Gasteiger partial charge on any atom is 0.293 e. The second kappa shape index (κ2) is 7.31. The van der Waals surface area contributed by atoms with Gasteiger partial charge in [0.2, 0.25) is 11.7 Å². The molecule has 27 heavy (non-hydrogen) atoms. The van der Waals surface area contributed by atoms with Crippen molar-refractivity contribution in [2.45, 2.75) is 27.7 Å². The maximum absolute atomic E-state index is 12.8. The predicted molar refractivity (Wildman–Crippen MR) is 103 cm³/mol. The molecule has 0 unspecified atom stereocenters. The van der Waals surface area contributed by atoms with Gasteiger partial charge in [0.1, 0.15) is 5.82 Å². The van der Waals surface area contributed by atoms with E-state index in [1.165, 1.54) is 0 Å². The van der Waals surface area contributed by atoms with Gasteiger partial charge in [-0.1, -0.05) is 32.4 Å². The standard InChI is InChI=1S/C19H24ClN5O2/c1-13-21-16(22-25(13)15-7-5-14(20)6-8-15)17(26)23-9-11-24(12-10-23)18(27)19(2,3)4/h5-8H,9-12H2,1-4H3. The Morgan fingerprint density at radius 3 is 2.11 bits per heavy atom. The highest BCUT2D eigenvalue weighted by Crippen LogP contribution is 2.19. The third kappa shape index (κ3) is 4.13.